The number of hydrogen-bond acceptors (Lipinski definition) is 3. The molecule has 0 radical (unpaired) electrons. The van der Waals surface area contributed by atoms with Gasteiger partial charge in [0, 0.05) is 5.69 Å². The molecule has 1 saturated heterocycles. The number of anilines is 1. The molecule has 0 N–H and O–H groups in total. The quantitative estimate of drug-likeness (QED) is 0.812. The van der Waals surface area contributed by atoms with Crippen LogP contribution >= 0.6 is 0 Å². The Kier molecular flexibility index (Phi) is 4.51. The third-order valence-electron chi connectivity index (χ3n) is 4.14. The zero-order valence-electron chi connectivity index (χ0n) is 13.4. The molecule has 2 atom stereocenters. The van der Waals surface area contributed by atoms with E-state index in [-0.39, 0.29) is 18.2 Å². The highest BCUT2D eigenvalue weighted by atomic mass is 16.6. The molecule has 0 spiro atoms. The van der Waals surface area contributed by atoms with E-state index in [9.17, 15) is 4.79 Å². The number of ether oxygens (including phenoxy) is 2. The standard InChI is InChI=1S/C19H21NO3/c1-3-7-17-18(14-8-5-4-6-9-14)20(19(21)23-17)15-10-12-16(22-2)13-11-15/h4-6,8-13,17-18H,3,7H2,1-2H3/t17-,18+/m0/s1. The molecule has 4 nitrogen and oxygen atoms in total. The molecule has 23 heavy (non-hydrogen) atoms. The molecule has 0 aromatic heterocycles. The second kappa shape index (κ2) is 6.73. The van der Waals surface area contributed by atoms with Crippen LogP contribution in [-0.4, -0.2) is 19.3 Å². The number of carbonyl (C=O) groups excluding carboxylic acids is 1. The minimum absolute atomic E-state index is 0.1000. The molecule has 0 aliphatic carbocycles. The zero-order valence-corrected chi connectivity index (χ0v) is 13.4. The van der Waals surface area contributed by atoms with Gasteiger partial charge >= 0.3 is 6.09 Å². The summed E-state index contributed by atoms with van der Waals surface area (Å²) in [6, 6.07) is 17.5. The maximum absolute atomic E-state index is 12.5. The Hall–Kier alpha value is -2.49. The molecule has 1 fully saturated rings. The van der Waals surface area contributed by atoms with Crippen LogP contribution in [0.4, 0.5) is 10.5 Å². The summed E-state index contributed by atoms with van der Waals surface area (Å²) in [6.07, 6.45) is 1.40. The van der Waals surface area contributed by atoms with Crippen molar-refractivity contribution in [3.8, 4) is 5.75 Å². The average Bonchev–Trinajstić information content (AvgIpc) is 2.92. The van der Waals surface area contributed by atoms with Gasteiger partial charge < -0.3 is 9.47 Å². The van der Waals surface area contributed by atoms with Crippen LogP contribution < -0.4 is 9.64 Å². The lowest BCUT2D eigenvalue weighted by Gasteiger charge is -2.25. The summed E-state index contributed by atoms with van der Waals surface area (Å²) in [7, 11) is 1.63. The van der Waals surface area contributed by atoms with Crippen molar-refractivity contribution in [2.24, 2.45) is 0 Å². The Morgan fingerprint density at radius 2 is 1.78 bits per heavy atom. The molecule has 120 valence electrons. The average molecular weight is 311 g/mol. The van der Waals surface area contributed by atoms with Crippen molar-refractivity contribution in [1.29, 1.82) is 0 Å². The third-order valence-corrected chi connectivity index (χ3v) is 4.14. The van der Waals surface area contributed by atoms with Crippen molar-refractivity contribution < 1.29 is 14.3 Å². The Labute approximate surface area is 136 Å². The van der Waals surface area contributed by atoms with E-state index in [2.05, 4.69) is 6.92 Å². The van der Waals surface area contributed by atoms with Gasteiger partial charge in [-0.15, -0.1) is 0 Å². The van der Waals surface area contributed by atoms with E-state index >= 15 is 0 Å². The lowest BCUT2D eigenvalue weighted by atomic mass is 9.97. The van der Waals surface area contributed by atoms with Gasteiger partial charge in [0.1, 0.15) is 17.9 Å². The normalized spacial score (nSPS) is 20.4. The van der Waals surface area contributed by atoms with Crippen LogP contribution in [0.2, 0.25) is 0 Å². The van der Waals surface area contributed by atoms with E-state index in [0.717, 1.165) is 29.8 Å². The number of nitrogens with zero attached hydrogens (tertiary/aromatic N) is 1. The summed E-state index contributed by atoms with van der Waals surface area (Å²) in [4.78, 5) is 14.2. The number of carbonyl (C=O) groups is 1. The van der Waals surface area contributed by atoms with Gasteiger partial charge in [-0.05, 0) is 36.2 Å². The maximum atomic E-state index is 12.5. The Bertz CT molecular complexity index is 654. The first-order chi connectivity index (χ1) is 11.2. The monoisotopic (exact) mass is 311 g/mol. The molecule has 0 unspecified atom stereocenters. The summed E-state index contributed by atoms with van der Waals surface area (Å²) < 4.78 is 10.8. The molecule has 0 saturated carbocycles. The summed E-state index contributed by atoms with van der Waals surface area (Å²) in [5.41, 5.74) is 1.91. The van der Waals surface area contributed by atoms with Gasteiger partial charge in [-0.3, -0.25) is 4.90 Å². The number of methoxy groups -OCH3 is 1. The largest absolute Gasteiger partial charge is 0.497 e. The van der Waals surface area contributed by atoms with Gasteiger partial charge in [0.2, 0.25) is 0 Å². The fraction of sp³-hybridized carbons (Fsp3) is 0.316. The molecule has 3 rings (SSSR count). The van der Waals surface area contributed by atoms with Crippen molar-refractivity contribution in [2.75, 3.05) is 12.0 Å². The predicted molar refractivity (Wildman–Crippen MR) is 89.8 cm³/mol. The van der Waals surface area contributed by atoms with E-state index < -0.39 is 0 Å². The van der Waals surface area contributed by atoms with Gasteiger partial charge in [0.05, 0.1) is 7.11 Å². The van der Waals surface area contributed by atoms with Crippen LogP contribution in [0.25, 0.3) is 0 Å². The van der Waals surface area contributed by atoms with E-state index in [4.69, 9.17) is 9.47 Å². The van der Waals surface area contributed by atoms with E-state index in [1.165, 1.54) is 0 Å². The SMILES string of the molecule is CCC[C@@H]1OC(=O)N(c2ccc(OC)cc2)[C@@H]1c1ccccc1. The molecule has 1 aliphatic rings. The molecular weight excluding hydrogens is 290 g/mol. The smallest absolute Gasteiger partial charge is 0.415 e. The van der Waals surface area contributed by atoms with E-state index in [1.807, 2.05) is 54.6 Å². The van der Waals surface area contributed by atoms with Gasteiger partial charge in [0.15, 0.2) is 0 Å². The molecule has 1 heterocycles. The lowest BCUT2D eigenvalue weighted by molar-refractivity contribution is 0.126. The predicted octanol–water partition coefficient (Wildman–Crippen LogP) is 4.56. The molecular formula is C19H21NO3. The number of hydrogen-bond donors (Lipinski definition) is 0. The van der Waals surface area contributed by atoms with Crippen LogP contribution in [0.15, 0.2) is 54.6 Å². The second-order valence-corrected chi connectivity index (χ2v) is 5.63. The second-order valence-electron chi connectivity index (χ2n) is 5.63. The highest BCUT2D eigenvalue weighted by Gasteiger charge is 2.42. The first kappa shape index (κ1) is 15.4. The van der Waals surface area contributed by atoms with Gasteiger partial charge in [0.25, 0.3) is 0 Å². The highest BCUT2D eigenvalue weighted by Crippen LogP contribution is 2.39. The summed E-state index contributed by atoms with van der Waals surface area (Å²) in [6.45, 7) is 2.10. The highest BCUT2D eigenvalue weighted by molar-refractivity contribution is 5.91. The minimum atomic E-state index is -0.289. The van der Waals surface area contributed by atoms with Gasteiger partial charge in [-0.2, -0.15) is 0 Å². The summed E-state index contributed by atoms with van der Waals surface area (Å²) >= 11 is 0. The lowest BCUT2D eigenvalue weighted by Crippen LogP contribution is -2.29. The Balaban J connectivity index is 1.99. The summed E-state index contributed by atoms with van der Waals surface area (Å²) in [5, 5.41) is 0. The number of cyclic esters (lactones) is 1. The Morgan fingerprint density at radius 3 is 2.39 bits per heavy atom. The number of amides is 1. The maximum Gasteiger partial charge on any atom is 0.415 e. The third kappa shape index (κ3) is 3.02. The first-order valence-corrected chi connectivity index (χ1v) is 7.93. The van der Waals surface area contributed by atoms with Gasteiger partial charge in [-0.1, -0.05) is 43.7 Å². The molecule has 2 aromatic rings. The Morgan fingerprint density at radius 1 is 1.09 bits per heavy atom. The fourth-order valence-electron chi connectivity index (χ4n) is 3.05. The topological polar surface area (TPSA) is 38.8 Å². The van der Waals surface area contributed by atoms with Crippen LogP contribution in [0.5, 0.6) is 5.75 Å². The van der Waals surface area contributed by atoms with Gasteiger partial charge in [-0.25, -0.2) is 4.79 Å². The van der Waals surface area contributed by atoms with Crippen molar-refractivity contribution in [3.05, 3.63) is 60.2 Å². The van der Waals surface area contributed by atoms with Crippen molar-refractivity contribution >= 4 is 11.8 Å². The first-order valence-electron chi connectivity index (χ1n) is 7.93. The van der Waals surface area contributed by atoms with Crippen LogP contribution in [0.1, 0.15) is 31.4 Å². The molecule has 2 aromatic carbocycles. The molecule has 0 bridgehead atoms. The minimum Gasteiger partial charge on any atom is -0.497 e. The van der Waals surface area contributed by atoms with Crippen LogP contribution in [0.3, 0.4) is 0 Å². The van der Waals surface area contributed by atoms with Crippen LogP contribution in [0, 0.1) is 0 Å². The number of benzene rings is 2. The van der Waals surface area contributed by atoms with E-state index in [0.29, 0.717) is 0 Å². The van der Waals surface area contributed by atoms with Crippen LogP contribution in [-0.2, 0) is 4.74 Å². The zero-order chi connectivity index (χ0) is 16.2. The molecule has 1 amide bonds. The van der Waals surface area contributed by atoms with Crippen molar-refractivity contribution in [2.45, 2.75) is 31.9 Å². The molecule has 4 heteroatoms. The number of rotatable bonds is 5. The fourth-order valence-corrected chi connectivity index (χ4v) is 3.05. The molecule has 1 aliphatic heterocycles. The van der Waals surface area contributed by atoms with Crippen molar-refractivity contribution in [1.82, 2.24) is 0 Å². The van der Waals surface area contributed by atoms with Crippen molar-refractivity contribution in [3.63, 3.8) is 0 Å². The van der Waals surface area contributed by atoms with E-state index in [1.54, 1.807) is 12.0 Å². The summed E-state index contributed by atoms with van der Waals surface area (Å²) in [5.74, 6) is 0.766.